The van der Waals surface area contributed by atoms with Gasteiger partial charge in [0.25, 0.3) is 0 Å². The van der Waals surface area contributed by atoms with Crippen molar-refractivity contribution in [1.29, 1.82) is 0 Å². The molecule has 4 aromatic rings. The summed E-state index contributed by atoms with van der Waals surface area (Å²) in [6, 6.07) is 22.0. The molecule has 1 atom stereocenters. The summed E-state index contributed by atoms with van der Waals surface area (Å²) < 4.78 is 8.00. The maximum atomic E-state index is 10.6. The molecule has 0 amide bonds. The summed E-state index contributed by atoms with van der Waals surface area (Å²) in [7, 11) is 0. The molecule has 0 fully saturated rings. The van der Waals surface area contributed by atoms with E-state index in [1.807, 2.05) is 48.5 Å². The van der Waals surface area contributed by atoms with Crippen LogP contribution in [0.2, 0.25) is 0 Å². The zero-order chi connectivity index (χ0) is 23.0. The van der Waals surface area contributed by atoms with E-state index in [4.69, 9.17) is 4.74 Å². The number of hydrogen-bond acceptors (Lipinski definition) is 6. The second kappa shape index (κ2) is 11.1. The van der Waals surface area contributed by atoms with Crippen molar-refractivity contribution in [3.63, 3.8) is 0 Å². The fourth-order valence-electron chi connectivity index (χ4n) is 3.51. The average molecular weight is 461 g/mol. The summed E-state index contributed by atoms with van der Waals surface area (Å²) in [5.41, 5.74) is 3.20. The number of aliphatic hydroxyl groups excluding tert-OH is 1. The van der Waals surface area contributed by atoms with Gasteiger partial charge in [-0.1, -0.05) is 74.1 Å². The molecule has 0 aliphatic carbocycles. The van der Waals surface area contributed by atoms with Crippen LogP contribution in [0.4, 0.5) is 0 Å². The molecule has 0 aliphatic heterocycles. The highest BCUT2D eigenvalue weighted by Crippen LogP contribution is 2.27. The Labute approximate surface area is 198 Å². The molecule has 2 heterocycles. The van der Waals surface area contributed by atoms with Gasteiger partial charge in [0.2, 0.25) is 0 Å². The Hall–Kier alpha value is -3.16. The standard InChI is InChI=1S/C26H28N4O2S/c1-19(2)23-12-6-7-13-24(23)32-17-22(31)18-33-26-29-28-25(21-11-8-14-27-15-21)30(26)16-20-9-4-3-5-10-20/h3-15,19,22,31H,16-18H2,1-2H3. The summed E-state index contributed by atoms with van der Waals surface area (Å²) >= 11 is 1.47. The van der Waals surface area contributed by atoms with E-state index in [0.717, 1.165) is 33.4 Å². The minimum absolute atomic E-state index is 0.221. The highest BCUT2D eigenvalue weighted by Gasteiger charge is 2.17. The Bertz CT molecular complexity index is 1150. The summed E-state index contributed by atoms with van der Waals surface area (Å²) in [5.74, 6) is 2.38. The molecular weight excluding hydrogens is 432 g/mol. The van der Waals surface area contributed by atoms with E-state index in [9.17, 15) is 5.11 Å². The Balaban J connectivity index is 1.46. The summed E-state index contributed by atoms with van der Waals surface area (Å²) in [5, 5.41) is 20.2. The van der Waals surface area contributed by atoms with Gasteiger partial charge < -0.3 is 9.84 Å². The SMILES string of the molecule is CC(C)c1ccccc1OCC(O)CSc1nnc(-c2cccnc2)n1Cc1ccccc1. The Morgan fingerprint density at radius 2 is 1.76 bits per heavy atom. The first-order chi connectivity index (χ1) is 16.1. The molecule has 4 rings (SSSR count). The number of nitrogens with zero attached hydrogens (tertiary/aromatic N) is 4. The van der Waals surface area contributed by atoms with Crippen molar-refractivity contribution >= 4 is 11.8 Å². The molecular formula is C26H28N4O2S. The lowest BCUT2D eigenvalue weighted by Gasteiger charge is -2.16. The topological polar surface area (TPSA) is 73.1 Å². The fourth-order valence-corrected chi connectivity index (χ4v) is 4.35. The molecule has 33 heavy (non-hydrogen) atoms. The predicted molar refractivity (Wildman–Crippen MR) is 132 cm³/mol. The van der Waals surface area contributed by atoms with Gasteiger partial charge in [-0.2, -0.15) is 0 Å². The average Bonchev–Trinajstić information content (AvgIpc) is 3.25. The summed E-state index contributed by atoms with van der Waals surface area (Å²) in [4.78, 5) is 4.22. The van der Waals surface area contributed by atoms with E-state index in [0.29, 0.717) is 18.2 Å². The molecule has 0 saturated heterocycles. The van der Waals surface area contributed by atoms with Crippen molar-refractivity contribution < 1.29 is 9.84 Å². The number of thioether (sulfide) groups is 1. The first kappa shape index (κ1) is 23.0. The second-order valence-corrected chi connectivity index (χ2v) is 9.08. The number of rotatable bonds is 10. The fraction of sp³-hybridized carbons (Fsp3) is 0.269. The second-order valence-electron chi connectivity index (χ2n) is 8.09. The Morgan fingerprint density at radius 1 is 0.970 bits per heavy atom. The van der Waals surface area contributed by atoms with E-state index in [-0.39, 0.29) is 6.61 Å². The molecule has 1 unspecified atom stereocenters. The number of pyridine rings is 1. The first-order valence-corrected chi connectivity index (χ1v) is 12.0. The molecule has 1 N–H and O–H groups in total. The van der Waals surface area contributed by atoms with Gasteiger partial charge in [-0.25, -0.2) is 0 Å². The lowest BCUT2D eigenvalue weighted by Crippen LogP contribution is -2.21. The number of aliphatic hydroxyl groups is 1. The minimum atomic E-state index is -0.640. The lowest BCUT2D eigenvalue weighted by atomic mass is 10.0. The van der Waals surface area contributed by atoms with Gasteiger partial charge in [0.1, 0.15) is 12.4 Å². The largest absolute Gasteiger partial charge is 0.491 e. The van der Waals surface area contributed by atoms with Crippen LogP contribution in [0.3, 0.4) is 0 Å². The first-order valence-electron chi connectivity index (χ1n) is 11.0. The number of aromatic nitrogens is 4. The van der Waals surface area contributed by atoms with Gasteiger partial charge >= 0.3 is 0 Å². The van der Waals surface area contributed by atoms with E-state index in [2.05, 4.69) is 51.8 Å². The number of benzene rings is 2. The molecule has 7 heteroatoms. The van der Waals surface area contributed by atoms with Crippen LogP contribution in [0, 0.1) is 0 Å². The van der Waals surface area contributed by atoms with E-state index in [1.165, 1.54) is 11.8 Å². The van der Waals surface area contributed by atoms with Crippen LogP contribution in [0.15, 0.2) is 84.3 Å². The van der Waals surface area contributed by atoms with Crippen molar-refractivity contribution in [3.8, 4) is 17.1 Å². The molecule has 6 nitrogen and oxygen atoms in total. The van der Waals surface area contributed by atoms with Crippen molar-refractivity contribution in [2.24, 2.45) is 0 Å². The molecule has 0 radical (unpaired) electrons. The van der Waals surface area contributed by atoms with Crippen molar-refractivity contribution in [2.75, 3.05) is 12.4 Å². The van der Waals surface area contributed by atoms with Crippen LogP contribution in [-0.2, 0) is 6.54 Å². The normalized spacial score (nSPS) is 12.1. The molecule has 0 saturated carbocycles. The van der Waals surface area contributed by atoms with Crippen LogP contribution in [-0.4, -0.2) is 43.3 Å². The Morgan fingerprint density at radius 3 is 2.52 bits per heavy atom. The number of hydrogen-bond donors (Lipinski definition) is 1. The van der Waals surface area contributed by atoms with Gasteiger partial charge in [0.15, 0.2) is 11.0 Å². The maximum Gasteiger partial charge on any atom is 0.191 e. The van der Waals surface area contributed by atoms with E-state index in [1.54, 1.807) is 12.4 Å². The maximum absolute atomic E-state index is 10.6. The zero-order valence-electron chi connectivity index (χ0n) is 18.8. The molecule has 0 spiro atoms. The van der Waals surface area contributed by atoms with Crippen LogP contribution in [0.5, 0.6) is 5.75 Å². The highest BCUT2D eigenvalue weighted by molar-refractivity contribution is 7.99. The van der Waals surface area contributed by atoms with Gasteiger partial charge in [0.05, 0.1) is 12.6 Å². The van der Waals surface area contributed by atoms with Gasteiger partial charge in [0, 0.05) is 23.7 Å². The summed E-state index contributed by atoms with van der Waals surface area (Å²) in [6.07, 6.45) is 2.89. The molecule has 0 aliphatic rings. The number of para-hydroxylation sites is 1. The molecule has 170 valence electrons. The highest BCUT2D eigenvalue weighted by atomic mass is 32.2. The molecule has 0 bridgehead atoms. The van der Waals surface area contributed by atoms with Crippen molar-refractivity contribution in [1.82, 2.24) is 19.7 Å². The Kier molecular flexibility index (Phi) is 7.75. The zero-order valence-corrected chi connectivity index (χ0v) is 19.7. The number of ether oxygens (including phenoxy) is 1. The van der Waals surface area contributed by atoms with E-state index >= 15 is 0 Å². The van der Waals surface area contributed by atoms with E-state index < -0.39 is 6.10 Å². The minimum Gasteiger partial charge on any atom is -0.491 e. The molecule has 2 aromatic heterocycles. The quantitative estimate of drug-likeness (QED) is 0.334. The van der Waals surface area contributed by atoms with Gasteiger partial charge in [-0.15, -0.1) is 10.2 Å². The monoisotopic (exact) mass is 460 g/mol. The van der Waals surface area contributed by atoms with Crippen molar-refractivity contribution in [3.05, 3.63) is 90.3 Å². The van der Waals surface area contributed by atoms with Gasteiger partial charge in [-0.3, -0.25) is 9.55 Å². The van der Waals surface area contributed by atoms with Crippen LogP contribution < -0.4 is 4.74 Å². The third kappa shape index (κ3) is 6.00. The third-order valence-corrected chi connectivity index (χ3v) is 6.31. The van der Waals surface area contributed by atoms with Gasteiger partial charge in [-0.05, 0) is 35.2 Å². The van der Waals surface area contributed by atoms with Crippen LogP contribution in [0.1, 0.15) is 30.9 Å². The lowest BCUT2D eigenvalue weighted by molar-refractivity contribution is 0.125. The third-order valence-electron chi connectivity index (χ3n) is 5.20. The summed E-state index contributed by atoms with van der Waals surface area (Å²) in [6.45, 7) is 5.12. The predicted octanol–water partition coefficient (Wildman–Crippen LogP) is 5.04. The van der Waals surface area contributed by atoms with Crippen molar-refractivity contribution in [2.45, 2.75) is 37.6 Å². The van der Waals surface area contributed by atoms with Crippen LogP contribution >= 0.6 is 11.8 Å². The smallest absolute Gasteiger partial charge is 0.191 e. The van der Waals surface area contributed by atoms with Crippen LogP contribution in [0.25, 0.3) is 11.4 Å². The molecule has 2 aromatic carbocycles.